The van der Waals surface area contributed by atoms with Crippen LogP contribution < -0.4 is 4.74 Å². The maximum absolute atomic E-state index is 13.2. The first-order valence-corrected chi connectivity index (χ1v) is 7.97. The fourth-order valence-corrected chi connectivity index (χ4v) is 3.61. The van der Waals surface area contributed by atoms with Gasteiger partial charge in [0.15, 0.2) is 0 Å². The molecule has 3 nitrogen and oxygen atoms in total. The van der Waals surface area contributed by atoms with E-state index in [1.54, 1.807) is 6.07 Å². The van der Waals surface area contributed by atoms with E-state index in [4.69, 9.17) is 9.47 Å². The Kier molecular flexibility index (Phi) is 5.34. The van der Waals surface area contributed by atoms with E-state index in [-0.39, 0.29) is 11.9 Å². The molecule has 0 aliphatic carbocycles. The van der Waals surface area contributed by atoms with E-state index < -0.39 is 10.8 Å². The van der Waals surface area contributed by atoms with Gasteiger partial charge in [0.2, 0.25) is 0 Å². The molecule has 1 heterocycles. The highest BCUT2D eigenvalue weighted by molar-refractivity contribution is 7.84. The van der Waals surface area contributed by atoms with Gasteiger partial charge in [-0.2, -0.15) is 0 Å². The SMILES string of the molecule is COc1ccc(F)cc1C[S@](=O)C[C@@H]1CCCCO1. The van der Waals surface area contributed by atoms with Crippen molar-refractivity contribution >= 4 is 10.8 Å². The van der Waals surface area contributed by atoms with Crippen LogP contribution in [0.1, 0.15) is 24.8 Å². The van der Waals surface area contributed by atoms with Crippen molar-refractivity contribution in [1.82, 2.24) is 0 Å². The van der Waals surface area contributed by atoms with Crippen LogP contribution in [0.2, 0.25) is 0 Å². The quantitative estimate of drug-likeness (QED) is 0.835. The third-order valence-electron chi connectivity index (χ3n) is 3.20. The Labute approximate surface area is 115 Å². The summed E-state index contributed by atoms with van der Waals surface area (Å²) < 4.78 is 36.1. The van der Waals surface area contributed by atoms with Gasteiger partial charge in [-0.3, -0.25) is 4.21 Å². The molecule has 1 aromatic rings. The second-order valence-electron chi connectivity index (χ2n) is 4.70. The first-order valence-electron chi connectivity index (χ1n) is 6.48. The van der Waals surface area contributed by atoms with Crippen LogP contribution in [-0.4, -0.2) is 29.8 Å². The van der Waals surface area contributed by atoms with Gasteiger partial charge in [0, 0.05) is 23.0 Å². The number of ether oxygens (including phenoxy) is 2. The molecule has 1 aromatic carbocycles. The van der Waals surface area contributed by atoms with Crippen LogP contribution in [0, 0.1) is 5.82 Å². The average Bonchev–Trinajstić information content (AvgIpc) is 2.40. The molecule has 1 saturated heterocycles. The molecule has 1 aliphatic rings. The average molecular weight is 286 g/mol. The molecule has 19 heavy (non-hydrogen) atoms. The summed E-state index contributed by atoms with van der Waals surface area (Å²) in [5, 5.41) is 0. The Morgan fingerprint density at radius 1 is 1.47 bits per heavy atom. The van der Waals surface area contributed by atoms with Gasteiger partial charge < -0.3 is 9.47 Å². The molecule has 5 heteroatoms. The predicted octanol–water partition coefficient (Wildman–Crippen LogP) is 2.65. The zero-order valence-corrected chi connectivity index (χ0v) is 11.9. The predicted molar refractivity (Wildman–Crippen MR) is 73.3 cm³/mol. The van der Waals surface area contributed by atoms with Crippen LogP contribution in [0.3, 0.4) is 0 Å². The highest BCUT2D eigenvalue weighted by Gasteiger charge is 2.18. The molecular weight excluding hydrogens is 267 g/mol. The summed E-state index contributed by atoms with van der Waals surface area (Å²) >= 11 is 0. The molecule has 0 unspecified atom stereocenters. The largest absolute Gasteiger partial charge is 0.496 e. The normalized spacial score (nSPS) is 21.1. The van der Waals surface area contributed by atoms with E-state index in [0.717, 1.165) is 25.9 Å². The molecule has 0 N–H and O–H groups in total. The number of benzene rings is 1. The zero-order valence-electron chi connectivity index (χ0n) is 11.1. The van der Waals surface area contributed by atoms with Crippen LogP contribution in [0.15, 0.2) is 18.2 Å². The Balaban J connectivity index is 1.95. The van der Waals surface area contributed by atoms with Crippen molar-refractivity contribution in [3.63, 3.8) is 0 Å². The molecule has 1 aliphatic heterocycles. The van der Waals surface area contributed by atoms with Gasteiger partial charge in [0.1, 0.15) is 11.6 Å². The summed E-state index contributed by atoms with van der Waals surface area (Å²) in [5.74, 6) is 1.07. The minimum atomic E-state index is -1.06. The smallest absolute Gasteiger partial charge is 0.123 e. The fraction of sp³-hybridized carbons (Fsp3) is 0.571. The summed E-state index contributed by atoms with van der Waals surface area (Å²) in [7, 11) is 0.471. The molecular formula is C14H19FO3S. The van der Waals surface area contributed by atoms with Crippen molar-refractivity contribution in [2.24, 2.45) is 0 Å². The lowest BCUT2D eigenvalue weighted by Crippen LogP contribution is -2.25. The molecule has 2 atom stereocenters. The standard InChI is InChI=1S/C14H19FO3S/c1-17-14-6-5-12(15)8-11(14)9-19(16)10-13-4-2-3-7-18-13/h5-6,8,13H,2-4,7,9-10H2,1H3/t13-,19-/m0/s1. The molecule has 0 bridgehead atoms. The second kappa shape index (κ2) is 7.01. The van der Waals surface area contributed by atoms with Gasteiger partial charge in [-0.15, -0.1) is 0 Å². The maximum atomic E-state index is 13.2. The van der Waals surface area contributed by atoms with Crippen LogP contribution in [0.4, 0.5) is 4.39 Å². The molecule has 2 rings (SSSR count). The van der Waals surface area contributed by atoms with E-state index >= 15 is 0 Å². The molecule has 0 amide bonds. The zero-order chi connectivity index (χ0) is 13.7. The summed E-state index contributed by atoms with van der Waals surface area (Å²) in [6.07, 6.45) is 3.26. The first-order chi connectivity index (χ1) is 9.19. The van der Waals surface area contributed by atoms with Gasteiger partial charge in [-0.05, 0) is 37.5 Å². The lowest BCUT2D eigenvalue weighted by molar-refractivity contribution is 0.0310. The molecule has 1 fully saturated rings. The number of halogens is 1. The number of rotatable bonds is 5. The van der Waals surface area contributed by atoms with Crippen molar-refractivity contribution in [2.75, 3.05) is 19.5 Å². The summed E-state index contributed by atoms with van der Waals surface area (Å²) in [6, 6.07) is 4.30. The molecule has 0 saturated carbocycles. The molecule has 106 valence electrons. The highest BCUT2D eigenvalue weighted by atomic mass is 32.2. The van der Waals surface area contributed by atoms with Crippen LogP contribution in [0.25, 0.3) is 0 Å². The van der Waals surface area contributed by atoms with E-state index in [2.05, 4.69) is 0 Å². The van der Waals surface area contributed by atoms with Crippen LogP contribution in [-0.2, 0) is 21.3 Å². The second-order valence-corrected chi connectivity index (χ2v) is 6.20. The third-order valence-corrected chi connectivity index (χ3v) is 4.58. The number of methoxy groups -OCH3 is 1. The lowest BCUT2D eigenvalue weighted by Gasteiger charge is -2.22. The number of hydrogen-bond donors (Lipinski definition) is 0. The summed E-state index contributed by atoms with van der Waals surface area (Å²) in [5.41, 5.74) is 0.650. The molecule has 0 radical (unpaired) electrons. The summed E-state index contributed by atoms with van der Waals surface area (Å²) in [4.78, 5) is 0. The van der Waals surface area contributed by atoms with Gasteiger partial charge in [-0.25, -0.2) is 4.39 Å². The van der Waals surface area contributed by atoms with Crippen molar-refractivity contribution in [3.05, 3.63) is 29.6 Å². The van der Waals surface area contributed by atoms with Gasteiger partial charge >= 0.3 is 0 Å². The fourth-order valence-electron chi connectivity index (χ4n) is 2.24. The first kappa shape index (κ1) is 14.5. The summed E-state index contributed by atoms with van der Waals surface area (Å²) in [6.45, 7) is 0.755. The van der Waals surface area contributed by atoms with Crippen LogP contribution >= 0.6 is 0 Å². The van der Waals surface area contributed by atoms with Crippen molar-refractivity contribution in [3.8, 4) is 5.75 Å². The minimum Gasteiger partial charge on any atom is -0.496 e. The van der Waals surface area contributed by atoms with E-state index in [1.807, 2.05) is 0 Å². The molecule has 0 aromatic heterocycles. The van der Waals surface area contributed by atoms with Crippen molar-refractivity contribution in [1.29, 1.82) is 0 Å². The Morgan fingerprint density at radius 3 is 3.00 bits per heavy atom. The lowest BCUT2D eigenvalue weighted by atomic mass is 10.1. The van der Waals surface area contributed by atoms with Crippen molar-refractivity contribution in [2.45, 2.75) is 31.1 Å². The van der Waals surface area contributed by atoms with Crippen LogP contribution in [0.5, 0.6) is 5.75 Å². The maximum Gasteiger partial charge on any atom is 0.123 e. The van der Waals surface area contributed by atoms with Gasteiger partial charge in [0.25, 0.3) is 0 Å². The highest BCUT2D eigenvalue weighted by Crippen LogP contribution is 2.22. The van der Waals surface area contributed by atoms with E-state index in [0.29, 0.717) is 22.8 Å². The monoisotopic (exact) mass is 286 g/mol. The van der Waals surface area contributed by atoms with E-state index in [9.17, 15) is 8.60 Å². The van der Waals surface area contributed by atoms with Gasteiger partial charge in [0.05, 0.1) is 24.7 Å². The number of hydrogen-bond acceptors (Lipinski definition) is 3. The van der Waals surface area contributed by atoms with Crippen molar-refractivity contribution < 1.29 is 18.1 Å². The topological polar surface area (TPSA) is 35.5 Å². The molecule has 0 spiro atoms. The van der Waals surface area contributed by atoms with E-state index in [1.165, 1.54) is 19.2 Å². The third kappa shape index (κ3) is 4.28. The Bertz CT molecular complexity index is 444. The minimum absolute atomic E-state index is 0.0779. The Hall–Kier alpha value is -0.940. The Morgan fingerprint density at radius 2 is 2.32 bits per heavy atom. The van der Waals surface area contributed by atoms with Gasteiger partial charge in [-0.1, -0.05) is 0 Å².